The number of benzene rings is 1. The molecule has 21 heavy (non-hydrogen) atoms. The van der Waals surface area contributed by atoms with Crippen molar-refractivity contribution in [2.45, 2.75) is 34.7 Å². The number of thioether (sulfide) groups is 2. The molecule has 7 heteroatoms. The fourth-order valence-electron chi connectivity index (χ4n) is 1.66. The van der Waals surface area contributed by atoms with E-state index < -0.39 is 0 Å². The van der Waals surface area contributed by atoms with Crippen LogP contribution < -0.4 is 10.5 Å². The monoisotopic (exact) mass is 341 g/mol. The summed E-state index contributed by atoms with van der Waals surface area (Å²) in [5.41, 5.74) is 7.33. The largest absolute Gasteiger partial charge is 0.491 e. The van der Waals surface area contributed by atoms with Crippen LogP contribution in [0.1, 0.15) is 25.5 Å². The number of hydrogen-bond donors (Lipinski definition) is 1. The smallest absolute Gasteiger partial charge is 0.175 e. The van der Waals surface area contributed by atoms with Crippen LogP contribution in [0.4, 0.5) is 0 Å². The molecule has 2 rings (SSSR count). The molecule has 0 aliphatic heterocycles. The Morgan fingerprint density at radius 3 is 2.43 bits per heavy atom. The Hall–Kier alpha value is -0.760. The average Bonchev–Trinajstić information content (AvgIpc) is 2.93. The number of nitrogens with zero attached hydrogens (tertiary/aromatic N) is 2. The quantitative estimate of drug-likeness (QED) is 0.772. The normalized spacial score (nSPS) is 12.6. The Bertz CT molecular complexity index is 557. The Morgan fingerprint density at radius 2 is 1.86 bits per heavy atom. The predicted octanol–water partition coefficient (Wildman–Crippen LogP) is 3.84. The molecule has 1 atom stereocenters. The van der Waals surface area contributed by atoms with E-state index >= 15 is 0 Å². The molecule has 1 aromatic carbocycles. The van der Waals surface area contributed by atoms with Crippen LogP contribution in [-0.2, 0) is 0 Å². The van der Waals surface area contributed by atoms with E-state index in [-0.39, 0.29) is 12.1 Å². The molecule has 0 saturated heterocycles. The highest BCUT2D eigenvalue weighted by Crippen LogP contribution is 2.30. The number of ether oxygens (including phenoxy) is 1. The summed E-state index contributed by atoms with van der Waals surface area (Å²) in [6.07, 6.45) is 2.18. The summed E-state index contributed by atoms with van der Waals surface area (Å²) in [6.45, 7) is 4.03. The number of aromatic nitrogens is 2. The molecule has 2 aromatic rings. The number of nitrogens with two attached hydrogens (primary N) is 1. The Morgan fingerprint density at radius 1 is 1.19 bits per heavy atom. The maximum absolute atomic E-state index is 6.22. The van der Waals surface area contributed by atoms with E-state index in [0.717, 1.165) is 25.7 Å². The highest BCUT2D eigenvalue weighted by molar-refractivity contribution is 8.02. The molecule has 114 valence electrons. The van der Waals surface area contributed by atoms with Crippen LogP contribution in [0.25, 0.3) is 0 Å². The van der Waals surface area contributed by atoms with Crippen molar-refractivity contribution in [2.75, 3.05) is 12.0 Å². The van der Waals surface area contributed by atoms with Gasteiger partial charge in [0.2, 0.25) is 0 Å². The lowest BCUT2D eigenvalue weighted by atomic mass is 10.1. The van der Waals surface area contributed by atoms with Gasteiger partial charge < -0.3 is 10.5 Å². The van der Waals surface area contributed by atoms with Gasteiger partial charge in [-0.3, -0.25) is 0 Å². The van der Waals surface area contributed by atoms with E-state index in [1.165, 1.54) is 0 Å². The van der Waals surface area contributed by atoms with Gasteiger partial charge in [-0.15, -0.1) is 10.2 Å². The van der Waals surface area contributed by atoms with Crippen LogP contribution in [0.15, 0.2) is 32.9 Å². The molecule has 0 amide bonds. The Kier molecular flexibility index (Phi) is 6.35. The lowest BCUT2D eigenvalue weighted by Gasteiger charge is -2.13. The average molecular weight is 342 g/mol. The van der Waals surface area contributed by atoms with E-state index in [1.807, 2.05) is 44.4 Å². The first kappa shape index (κ1) is 16.6. The second kappa shape index (κ2) is 8.03. The molecule has 1 aromatic heterocycles. The van der Waals surface area contributed by atoms with Crippen molar-refractivity contribution in [1.82, 2.24) is 10.2 Å². The summed E-state index contributed by atoms with van der Waals surface area (Å²) in [4.78, 5) is 0. The van der Waals surface area contributed by atoms with Crippen molar-refractivity contribution in [3.63, 3.8) is 0 Å². The maximum Gasteiger partial charge on any atom is 0.175 e. The van der Waals surface area contributed by atoms with Crippen molar-refractivity contribution in [2.24, 2.45) is 5.73 Å². The topological polar surface area (TPSA) is 61.0 Å². The Balaban J connectivity index is 1.89. The number of rotatable bonds is 7. The molecule has 4 nitrogen and oxygen atoms in total. The minimum Gasteiger partial charge on any atom is -0.491 e. The zero-order chi connectivity index (χ0) is 15.2. The third-order valence-electron chi connectivity index (χ3n) is 2.63. The van der Waals surface area contributed by atoms with Gasteiger partial charge >= 0.3 is 0 Å². The maximum atomic E-state index is 6.22. The van der Waals surface area contributed by atoms with Crippen molar-refractivity contribution in [3.8, 4) is 5.75 Å². The highest BCUT2D eigenvalue weighted by atomic mass is 32.2. The summed E-state index contributed by atoms with van der Waals surface area (Å²) in [5, 5.41) is 8.21. The first-order valence-electron chi connectivity index (χ1n) is 6.61. The minimum atomic E-state index is -0.0234. The second-order valence-corrected chi connectivity index (χ2v) is 7.99. The van der Waals surface area contributed by atoms with Gasteiger partial charge in [0, 0.05) is 11.8 Å². The molecule has 0 fully saturated rings. The van der Waals surface area contributed by atoms with Gasteiger partial charge in [-0.05, 0) is 37.8 Å². The number of hydrogen-bond acceptors (Lipinski definition) is 7. The first-order valence-corrected chi connectivity index (χ1v) is 9.63. The fourth-order valence-corrected chi connectivity index (χ4v) is 4.11. The van der Waals surface area contributed by atoms with Crippen molar-refractivity contribution < 1.29 is 4.74 Å². The van der Waals surface area contributed by atoms with Crippen LogP contribution in [0.5, 0.6) is 5.75 Å². The van der Waals surface area contributed by atoms with E-state index in [0.29, 0.717) is 0 Å². The van der Waals surface area contributed by atoms with Gasteiger partial charge in [-0.25, -0.2) is 0 Å². The molecule has 0 saturated carbocycles. The molecule has 2 N–H and O–H groups in total. The van der Waals surface area contributed by atoms with E-state index in [9.17, 15) is 0 Å². The fraction of sp³-hybridized carbons (Fsp3) is 0.429. The van der Waals surface area contributed by atoms with E-state index in [1.54, 1.807) is 34.9 Å². The van der Waals surface area contributed by atoms with Gasteiger partial charge in [0.1, 0.15) is 5.75 Å². The summed E-state index contributed by atoms with van der Waals surface area (Å²) < 4.78 is 7.58. The molecule has 0 aliphatic carbocycles. The van der Waals surface area contributed by atoms with E-state index in [4.69, 9.17) is 10.5 Å². The molecular weight excluding hydrogens is 322 g/mol. The lowest BCUT2D eigenvalue weighted by molar-refractivity contribution is 0.242. The van der Waals surface area contributed by atoms with Gasteiger partial charge in [0.25, 0.3) is 0 Å². The van der Waals surface area contributed by atoms with Crippen molar-refractivity contribution >= 4 is 34.9 Å². The molecule has 1 unspecified atom stereocenters. The minimum absolute atomic E-state index is 0.0234. The van der Waals surface area contributed by atoms with Gasteiger partial charge in [-0.2, -0.15) is 0 Å². The zero-order valence-corrected chi connectivity index (χ0v) is 14.7. The van der Waals surface area contributed by atoms with Crippen molar-refractivity contribution in [1.29, 1.82) is 0 Å². The molecular formula is C14H19N3OS3. The van der Waals surface area contributed by atoms with Gasteiger partial charge in [0.15, 0.2) is 8.68 Å². The van der Waals surface area contributed by atoms with Gasteiger partial charge in [-0.1, -0.05) is 47.0 Å². The summed E-state index contributed by atoms with van der Waals surface area (Å²) >= 11 is 4.87. The third-order valence-corrected chi connectivity index (χ3v) is 5.78. The zero-order valence-electron chi connectivity index (χ0n) is 12.3. The predicted molar refractivity (Wildman–Crippen MR) is 91.5 cm³/mol. The summed E-state index contributed by atoms with van der Waals surface area (Å²) in [6, 6.07) is 7.96. The standard InChI is InChI=1S/C14H19N3OS3/c1-9(2)18-11-6-4-10(5-7-11)12(15)8-20-14-17-16-13(19-3)21-14/h4-7,9,12H,8,15H2,1-3H3. The van der Waals surface area contributed by atoms with Crippen LogP contribution in [0, 0.1) is 0 Å². The van der Waals surface area contributed by atoms with Crippen LogP contribution in [0.3, 0.4) is 0 Å². The highest BCUT2D eigenvalue weighted by Gasteiger charge is 2.10. The molecule has 0 radical (unpaired) electrons. The molecule has 0 aliphatic rings. The molecule has 0 spiro atoms. The Labute approximate surface area is 137 Å². The summed E-state index contributed by atoms with van der Waals surface area (Å²) in [5.74, 6) is 1.66. The van der Waals surface area contributed by atoms with E-state index in [2.05, 4.69) is 10.2 Å². The van der Waals surface area contributed by atoms with Gasteiger partial charge in [0.05, 0.1) is 6.10 Å². The van der Waals surface area contributed by atoms with Crippen LogP contribution in [-0.4, -0.2) is 28.3 Å². The second-order valence-electron chi connectivity index (χ2n) is 4.69. The third kappa shape index (κ3) is 5.18. The SMILES string of the molecule is CSc1nnc(SCC(N)c2ccc(OC(C)C)cc2)s1. The van der Waals surface area contributed by atoms with Crippen molar-refractivity contribution in [3.05, 3.63) is 29.8 Å². The van der Waals surface area contributed by atoms with Crippen LogP contribution >= 0.6 is 34.9 Å². The first-order chi connectivity index (χ1) is 10.1. The molecule has 0 bridgehead atoms. The summed E-state index contributed by atoms with van der Waals surface area (Å²) in [7, 11) is 0. The van der Waals surface area contributed by atoms with Crippen LogP contribution in [0.2, 0.25) is 0 Å². The lowest BCUT2D eigenvalue weighted by Crippen LogP contribution is -2.13. The molecule has 1 heterocycles.